The molecule has 0 saturated carbocycles. The molecule has 2 aromatic carbocycles. The van der Waals surface area contributed by atoms with Crippen LogP contribution in [0.4, 0.5) is 14.5 Å². The first-order valence-electron chi connectivity index (χ1n) is 5.36. The van der Waals surface area contributed by atoms with Gasteiger partial charge in [-0.05, 0) is 41.8 Å². The summed E-state index contributed by atoms with van der Waals surface area (Å²) in [5.41, 5.74) is 8.14. The van der Waals surface area contributed by atoms with Gasteiger partial charge in [-0.1, -0.05) is 18.2 Å². The quantitative estimate of drug-likeness (QED) is 0.790. The van der Waals surface area contributed by atoms with Crippen molar-refractivity contribution in [3.63, 3.8) is 0 Å². The van der Waals surface area contributed by atoms with Crippen LogP contribution in [0, 0.1) is 18.6 Å². The molecule has 2 aromatic rings. The molecule has 3 heteroatoms. The molecule has 2 N–H and O–H groups in total. The van der Waals surface area contributed by atoms with Crippen LogP contribution in [-0.4, -0.2) is 0 Å². The van der Waals surface area contributed by atoms with Crippen LogP contribution in [-0.2, 0) is 6.42 Å². The van der Waals surface area contributed by atoms with E-state index in [0.717, 1.165) is 5.56 Å². The predicted octanol–water partition coefficient (Wildman–Crippen LogP) is 3.45. The number of benzene rings is 2. The largest absolute Gasteiger partial charge is 0.398 e. The van der Waals surface area contributed by atoms with Crippen LogP contribution in [0.3, 0.4) is 0 Å². The van der Waals surface area contributed by atoms with E-state index in [1.807, 2.05) is 6.92 Å². The second-order valence-electron chi connectivity index (χ2n) is 4.05. The lowest BCUT2D eigenvalue weighted by atomic mass is 9.99. The zero-order valence-corrected chi connectivity index (χ0v) is 9.50. The van der Waals surface area contributed by atoms with Crippen molar-refractivity contribution in [1.29, 1.82) is 0 Å². The van der Waals surface area contributed by atoms with Gasteiger partial charge in [0.25, 0.3) is 0 Å². The monoisotopic (exact) mass is 233 g/mol. The van der Waals surface area contributed by atoms with Crippen molar-refractivity contribution in [3.05, 3.63) is 64.7 Å². The van der Waals surface area contributed by atoms with E-state index in [4.69, 9.17) is 5.73 Å². The molecule has 0 aliphatic rings. The van der Waals surface area contributed by atoms with Gasteiger partial charge in [-0.2, -0.15) is 0 Å². The van der Waals surface area contributed by atoms with Crippen LogP contribution < -0.4 is 5.73 Å². The molecular formula is C14H13F2N. The Balaban J connectivity index is 2.40. The lowest BCUT2D eigenvalue weighted by Gasteiger charge is -2.09. The topological polar surface area (TPSA) is 26.0 Å². The number of hydrogen-bond donors (Lipinski definition) is 1. The van der Waals surface area contributed by atoms with Gasteiger partial charge in [-0.3, -0.25) is 0 Å². The molecule has 0 unspecified atom stereocenters. The molecule has 88 valence electrons. The van der Waals surface area contributed by atoms with Crippen molar-refractivity contribution in [2.75, 3.05) is 5.73 Å². The zero-order chi connectivity index (χ0) is 12.4. The molecule has 0 aliphatic carbocycles. The molecule has 17 heavy (non-hydrogen) atoms. The Hall–Kier alpha value is -1.90. The van der Waals surface area contributed by atoms with Crippen LogP contribution in [0.5, 0.6) is 0 Å². The maximum absolute atomic E-state index is 13.5. The summed E-state index contributed by atoms with van der Waals surface area (Å²) in [5.74, 6) is -0.672. The summed E-state index contributed by atoms with van der Waals surface area (Å²) in [6.45, 7) is 1.81. The number of rotatable bonds is 2. The smallest absolute Gasteiger partial charge is 0.126 e. The lowest BCUT2D eigenvalue weighted by Crippen LogP contribution is -2.00. The predicted molar refractivity (Wildman–Crippen MR) is 64.8 cm³/mol. The molecule has 0 fully saturated rings. The fraction of sp³-hybridized carbons (Fsp3) is 0.143. The van der Waals surface area contributed by atoms with Crippen molar-refractivity contribution in [1.82, 2.24) is 0 Å². The van der Waals surface area contributed by atoms with Gasteiger partial charge in [0.1, 0.15) is 11.6 Å². The van der Waals surface area contributed by atoms with E-state index in [-0.39, 0.29) is 11.6 Å². The third-order valence-corrected chi connectivity index (χ3v) is 2.86. The summed E-state index contributed by atoms with van der Waals surface area (Å²) in [4.78, 5) is 0. The molecule has 0 aliphatic heterocycles. The summed E-state index contributed by atoms with van der Waals surface area (Å²) in [6, 6.07) is 9.16. The molecular weight excluding hydrogens is 220 g/mol. The minimum Gasteiger partial charge on any atom is -0.398 e. The molecule has 0 spiro atoms. The Morgan fingerprint density at radius 1 is 1.06 bits per heavy atom. The highest BCUT2D eigenvalue weighted by Crippen LogP contribution is 2.22. The summed E-state index contributed by atoms with van der Waals surface area (Å²) in [7, 11) is 0. The van der Waals surface area contributed by atoms with E-state index in [1.165, 1.54) is 18.2 Å². The number of nitrogen functional groups attached to an aromatic ring is 1. The number of nitrogens with two attached hydrogens (primary N) is 1. The van der Waals surface area contributed by atoms with Crippen LogP contribution in [0.15, 0.2) is 36.4 Å². The maximum atomic E-state index is 13.5. The van der Waals surface area contributed by atoms with Crippen molar-refractivity contribution >= 4 is 5.69 Å². The second-order valence-corrected chi connectivity index (χ2v) is 4.05. The van der Waals surface area contributed by atoms with Crippen molar-refractivity contribution in [2.24, 2.45) is 0 Å². The van der Waals surface area contributed by atoms with Gasteiger partial charge >= 0.3 is 0 Å². The van der Waals surface area contributed by atoms with Crippen LogP contribution in [0.1, 0.15) is 16.7 Å². The molecule has 0 radical (unpaired) electrons. The van der Waals surface area contributed by atoms with Gasteiger partial charge in [0.2, 0.25) is 0 Å². The Kier molecular flexibility index (Phi) is 3.09. The Bertz CT molecular complexity index is 550. The van der Waals surface area contributed by atoms with E-state index in [1.54, 1.807) is 18.2 Å². The zero-order valence-electron chi connectivity index (χ0n) is 9.50. The minimum absolute atomic E-state index is 0.283. The summed E-state index contributed by atoms with van der Waals surface area (Å²) >= 11 is 0. The number of halogens is 2. The first kappa shape index (κ1) is 11.6. The van der Waals surface area contributed by atoms with Crippen molar-refractivity contribution in [3.8, 4) is 0 Å². The summed E-state index contributed by atoms with van der Waals surface area (Å²) < 4.78 is 26.7. The SMILES string of the molecule is Cc1c(N)cc(F)cc1Cc1ccccc1F. The van der Waals surface area contributed by atoms with Crippen molar-refractivity contribution < 1.29 is 8.78 Å². The van der Waals surface area contributed by atoms with E-state index >= 15 is 0 Å². The molecule has 2 rings (SSSR count). The molecule has 0 bridgehead atoms. The van der Waals surface area contributed by atoms with Gasteiger partial charge in [0.15, 0.2) is 0 Å². The van der Waals surface area contributed by atoms with E-state index in [9.17, 15) is 8.78 Å². The molecule has 1 nitrogen and oxygen atoms in total. The highest BCUT2D eigenvalue weighted by atomic mass is 19.1. The Labute approximate surface area is 98.9 Å². The third-order valence-electron chi connectivity index (χ3n) is 2.86. The first-order valence-corrected chi connectivity index (χ1v) is 5.36. The summed E-state index contributed by atoms with van der Waals surface area (Å²) in [6.07, 6.45) is 0.348. The van der Waals surface area contributed by atoms with Crippen LogP contribution in [0.2, 0.25) is 0 Å². The standard InChI is InChI=1S/C14H13F2N/c1-9-11(7-12(15)8-14(9)17)6-10-4-2-3-5-13(10)16/h2-5,7-8H,6,17H2,1H3. The third kappa shape index (κ3) is 2.44. The molecule has 0 amide bonds. The molecule has 0 atom stereocenters. The van der Waals surface area contributed by atoms with Gasteiger partial charge in [0.05, 0.1) is 0 Å². The molecule has 0 saturated heterocycles. The average molecular weight is 233 g/mol. The normalized spacial score (nSPS) is 10.5. The minimum atomic E-state index is -0.389. The second kappa shape index (κ2) is 4.53. The van der Waals surface area contributed by atoms with Gasteiger partial charge in [0, 0.05) is 12.1 Å². The highest BCUT2D eigenvalue weighted by Gasteiger charge is 2.08. The van der Waals surface area contributed by atoms with Gasteiger partial charge in [-0.15, -0.1) is 0 Å². The number of anilines is 1. The van der Waals surface area contributed by atoms with Gasteiger partial charge in [-0.25, -0.2) is 8.78 Å². The van der Waals surface area contributed by atoms with Crippen molar-refractivity contribution in [2.45, 2.75) is 13.3 Å². The Morgan fingerprint density at radius 3 is 2.47 bits per heavy atom. The molecule has 0 aromatic heterocycles. The van der Waals surface area contributed by atoms with E-state index < -0.39 is 0 Å². The van der Waals surface area contributed by atoms with Crippen LogP contribution in [0.25, 0.3) is 0 Å². The fourth-order valence-electron chi connectivity index (χ4n) is 1.79. The van der Waals surface area contributed by atoms with E-state index in [2.05, 4.69) is 0 Å². The Morgan fingerprint density at radius 2 is 1.76 bits per heavy atom. The van der Waals surface area contributed by atoms with Gasteiger partial charge < -0.3 is 5.73 Å². The maximum Gasteiger partial charge on any atom is 0.126 e. The van der Waals surface area contributed by atoms with Crippen LogP contribution >= 0.6 is 0 Å². The summed E-state index contributed by atoms with van der Waals surface area (Å²) in [5, 5.41) is 0. The first-order chi connectivity index (χ1) is 8.08. The average Bonchev–Trinajstić information content (AvgIpc) is 2.28. The fourth-order valence-corrected chi connectivity index (χ4v) is 1.79. The highest BCUT2D eigenvalue weighted by molar-refractivity contribution is 5.51. The lowest BCUT2D eigenvalue weighted by molar-refractivity contribution is 0.611. The molecule has 0 heterocycles. The number of hydrogen-bond acceptors (Lipinski definition) is 1. The van der Waals surface area contributed by atoms with E-state index in [0.29, 0.717) is 23.2 Å².